The highest BCUT2D eigenvalue weighted by Crippen LogP contribution is 2.39. The lowest BCUT2D eigenvalue weighted by Gasteiger charge is -2.20. The van der Waals surface area contributed by atoms with Gasteiger partial charge in [-0.05, 0) is 43.2 Å². The SMILES string of the molecule is CCOc1ccc(CC(=O)N(CCCn2ccnc2)c2nc3c(OC)ccc(Cl)c3s2)cc1. The van der Waals surface area contributed by atoms with Gasteiger partial charge in [0.15, 0.2) is 5.13 Å². The van der Waals surface area contributed by atoms with Crippen LogP contribution in [0.2, 0.25) is 5.02 Å². The zero-order valence-corrected chi connectivity index (χ0v) is 20.1. The minimum absolute atomic E-state index is 0.0288. The molecule has 0 saturated carbocycles. The molecule has 4 rings (SSSR count). The number of aromatic nitrogens is 3. The molecule has 0 aliphatic rings. The molecule has 9 heteroatoms. The Bertz CT molecular complexity index is 1210. The van der Waals surface area contributed by atoms with Crippen LogP contribution in [0.25, 0.3) is 10.2 Å². The number of ether oxygens (including phenoxy) is 2. The summed E-state index contributed by atoms with van der Waals surface area (Å²) in [7, 11) is 1.60. The normalized spacial score (nSPS) is 11.0. The monoisotopic (exact) mass is 484 g/mol. The number of hydrogen-bond acceptors (Lipinski definition) is 6. The third-order valence-corrected chi connectivity index (χ3v) is 6.68. The molecule has 0 aliphatic heterocycles. The van der Waals surface area contributed by atoms with E-state index in [1.54, 1.807) is 36.7 Å². The molecule has 0 saturated heterocycles. The number of imidazole rings is 1. The number of carbonyl (C=O) groups excluding carboxylic acids is 1. The molecule has 2 heterocycles. The van der Waals surface area contributed by atoms with Gasteiger partial charge < -0.3 is 14.0 Å². The van der Waals surface area contributed by atoms with Crippen LogP contribution in [-0.2, 0) is 17.8 Å². The van der Waals surface area contributed by atoms with Crippen LogP contribution in [0.15, 0.2) is 55.1 Å². The van der Waals surface area contributed by atoms with Crippen molar-refractivity contribution >= 4 is 44.2 Å². The molecule has 2 aromatic carbocycles. The molecule has 0 atom stereocenters. The Morgan fingerprint density at radius 1 is 1.21 bits per heavy atom. The van der Waals surface area contributed by atoms with E-state index in [0.717, 1.165) is 29.0 Å². The van der Waals surface area contributed by atoms with Crippen molar-refractivity contribution in [3.05, 3.63) is 65.7 Å². The summed E-state index contributed by atoms with van der Waals surface area (Å²) in [5.74, 6) is 1.40. The number of methoxy groups -OCH3 is 1. The second kappa shape index (κ2) is 10.7. The number of anilines is 1. The number of nitrogens with zero attached hydrogens (tertiary/aromatic N) is 4. The first-order chi connectivity index (χ1) is 16.1. The predicted octanol–water partition coefficient (Wildman–Crippen LogP) is 5.22. The maximum atomic E-state index is 13.4. The van der Waals surface area contributed by atoms with Gasteiger partial charge in [-0.1, -0.05) is 35.1 Å². The molecule has 2 aromatic heterocycles. The molecule has 0 unspecified atom stereocenters. The molecule has 4 aromatic rings. The number of halogens is 1. The largest absolute Gasteiger partial charge is 0.494 e. The molecule has 0 bridgehead atoms. The van der Waals surface area contributed by atoms with E-state index >= 15 is 0 Å². The van der Waals surface area contributed by atoms with E-state index in [0.29, 0.717) is 34.6 Å². The Morgan fingerprint density at radius 2 is 2.03 bits per heavy atom. The summed E-state index contributed by atoms with van der Waals surface area (Å²) in [5, 5.41) is 1.20. The number of aryl methyl sites for hydroxylation is 1. The molecular weight excluding hydrogens is 460 g/mol. The zero-order chi connectivity index (χ0) is 23.2. The Kier molecular flexibility index (Phi) is 7.47. The maximum absolute atomic E-state index is 13.4. The highest BCUT2D eigenvalue weighted by molar-refractivity contribution is 7.23. The van der Waals surface area contributed by atoms with Crippen molar-refractivity contribution in [2.24, 2.45) is 0 Å². The van der Waals surface area contributed by atoms with E-state index in [9.17, 15) is 4.79 Å². The Hall–Kier alpha value is -3.10. The first kappa shape index (κ1) is 23.1. The average Bonchev–Trinajstić information content (AvgIpc) is 3.49. The van der Waals surface area contributed by atoms with Gasteiger partial charge in [-0.3, -0.25) is 9.69 Å². The van der Waals surface area contributed by atoms with Crippen molar-refractivity contribution in [1.82, 2.24) is 14.5 Å². The van der Waals surface area contributed by atoms with Gasteiger partial charge in [0, 0.05) is 25.5 Å². The summed E-state index contributed by atoms with van der Waals surface area (Å²) >= 11 is 7.82. The van der Waals surface area contributed by atoms with Crippen LogP contribution in [0, 0.1) is 0 Å². The number of amides is 1. The van der Waals surface area contributed by atoms with Crippen molar-refractivity contribution in [2.45, 2.75) is 26.3 Å². The van der Waals surface area contributed by atoms with Crippen LogP contribution >= 0.6 is 22.9 Å². The lowest BCUT2D eigenvalue weighted by molar-refractivity contribution is -0.118. The third kappa shape index (κ3) is 5.46. The second-order valence-electron chi connectivity index (χ2n) is 7.38. The first-order valence-electron chi connectivity index (χ1n) is 10.7. The molecule has 33 heavy (non-hydrogen) atoms. The van der Waals surface area contributed by atoms with Crippen molar-refractivity contribution in [1.29, 1.82) is 0 Å². The summed E-state index contributed by atoms with van der Waals surface area (Å²) in [6.45, 7) is 3.82. The zero-order valence-electron chi connectivity index (χ0n) is 18.5. The number of rotatable bonds is 10. The summed E-state index contributed by atoms with van der Waals surface area (Å²) in [5.41, 5.74) is 1.58. The maximum Gasteiger partial charge on any atom is 0.233 e. The van der Waals surface area contributed by atoms with Gasteiger partial charge in [-0.15, -0.1) is 0 Å². The van der Waals surface area contributed by atoms with Gasteiger partial charge in [0.2, 0.25) is 5.91 Å². The van der Waals surface area contributed by atoms with Crippen molar-refractivity contribution < 1.29 is 14.3 Å². The van der Waals surface area contributed by atoms with Crippen molar-refractivity contribution in [3.63, 3.8) is 0 Å². The molecule has 1 amide bonds. The third-order valence-electron chi connectivity index (χ3n) is 5.15. The van der Waals surface area contributed by atoms with Gasteiger partial charge in [-0.25, -0.2) is 9.97 Å². The fourth-order valence-electron chi connectivity index (χ4n) is 3.52. The molecule has 0 aliphatic carbocycles. The highest BCUT2D eigenvalue weighted by Gasteiger charge is 2.22. The molecule has 172 valence electrons. The van der Waals surface area contributed by atoms with Crippen LogP contribution in [0.1, 0.15) is 18.9 Å². The van der Waals surface area contributed by atoms with E-state index in [4.69, 9.17) is 26.1 Å². The lowest BCUT2D eigenvalue weighted by Crippen LogP contribution is -2.33. The second-order valence-corrected chi connectivity index (χ2v) is 8.76. The fraction of sp³-hybridized carbons (Fsp3) is 0.292. The molecule has 0 radical (unpaired) electrons. The number of benzene rings is 2. The highest BCUT2D eigenvalue weighted by atomic mass is 35.5. The van der Waals surface area contributed by atoms with E-state index in [1.807, 2.05) is 42.0 Å². The van der Waals surface area contributed by atoms with Gasteiger partial charge in [0.1, 0.15) is 17.0 Å². The fourth-order valence-corrected chi connectivity index (χ4v) is 4.82. The van der Waals surface area contributed by atoms with E-state index in [2.05, 4.69) is 4.98 Å². The minimum atomic E-state index is -0.0288. The summed E-state index contributed by atoms with van der Waals surface area (Å²) in [6.07, 6.45) is 6.45. The van der Waals surface area contributed by atoms with Crippen LogP contribution in [0.4, 0.5) is 5.13 Å². The van der Waals surface area contributed by atoms with Gasteiger partial charge in [0.05, 0.1) is 36.2 Å². The van der Waals surface area contributed by atoms with E-state index in [1.165, 1.54) is 11.3 Å². The summed E-state index contributed by atoms with van der Waals surface area (Å²) < 4.78 is 13.8. The van der Waals surface area contributed by atoms with Crippen LogP contribution in [-0.4, -0.2) is 40.7 Å². The molecule has 0 fully saturated rings. The van der Waals surface area contributed by atoms with Gasteiger partial charge >= 0.3 is 0 Å². The van der Waals surface area contributed by atoms with Gasteiger partial charge in [0.25, 0.3) is 0 Å². The van der Waals surface area contributed by atoms with Crippen molar-refractivity contribution in [2.75, 3.05) is 25.2 Å². The van der Waals surface area contributed by atoms with Gasteiger partial charge in [-0.2, -0.15) is 0 Å². The smallest absolute Gasteiger partial charge is 0.233 e. The quantitative estimate of drug-likeness (QED) is 0.308. The van der Waals surface area contributed by atoms with E-state index < -0.39 is 0 Å². The average molecular weight is 485 g/mol. The predicted molar refractivity (Wildman–Crippen MR) is 132 cm³/mol. The summed E-state index contributed by atoms with van der Waals surface area (Å²) in [6, 6.07) is 11.2. The Balaban J connectivity index is 1.59. The number of fused-ring (bicyclic) bond motifs is 1. The first-order valence-corrected chi connectivity index (χ1v) is 11.9. The Labute approximate surface area is 201 Å². The minimum Gasteiger partial charge on any atom is -0.494 e. The number of carbonyl (C=O) groups is 1. The standard InChI is InChI=1S/C24H25ClN4O3S/c1-3-32-18-7-5-17(6-8-18)15-21(30)29(13-4-12-28-14-11-26-16-28)24-27-22-20(31-2)10-9-19(25)23(22)33-24/h5-11,14,16H,3-4,12-13,15H2,1-2H3. The van der Waals surface area contributed by atoms with Crippen molar-refractivity contribution in [3.8, 4) is 11.5 Å². The number of hydrogen-bond donors (Lipinski definition) is 0. The number of thiazole rings is 1. The van der Waals surface area contributed by atoms with E-state index in [-0.39, 0.29) is 12.3 Å². The molecule has 0 N–H and O–H groups in total. The topological polar surface area (TPSA) is 69.5 Å². The molecule has 0 spiro atoms. The Morgan fingerprint density at radius 3 is 2.73 bits per heavy atom. The summed E-state index contributed by atoms with van der Waals surface area (Å²) in [4.78, 5) is 24.0. The van der Waals surface area contributed by atoms with Crippen LogP contribution in [0.3, 0.4) is 0 Å². The lowest BCUT2D eigenvalue weighted by atomic mass is 10.1. The molecule has 7 nitrogen and oxygen atoms in total. The van der Waals surface area contributed by atoms with Crippen LogP contribution < -0.4 is 14.4 Å². The van der Waals surface area contributed by atoms with Crippen LogP contribution in [0.5, 0.6) is 11.5 Å². The molecular formula is C24H25ClN4O3S.